The van der Waals surface area contributed by atoms with Crippen LogP contribution in [0.5, 0.6) is 0 Å². The number of hydrogen-bond donors (Lipinski definition) is 1. The van der Waals surface area contributed by atoms with Gasteiger partial charge in [-0.2, -0.15) is 10.1 Å². The van der Waals surface area contributed by atoms with Crippen LogP contribution in [0.2, 0.25) is 0 Å². The number of thiazole rings is 1. The zero-order valence-electron chi connectivity index (χ0n) is 14.9. The Labute approximate surface area is 160 Å². The molecule has 1 amide bonds. The predicted octanol–water partition coefficient (Wildman–Crippen LogP) is 1.80. The van der Waals surface area contributed by atoms with Gasteiger partial charge in [0.05, 0.1) is 15.1 Å². The second-order valence-corrected chi connectivity index (χ2v) is 8.43. The van der Waals surface area contributed by atoms with Crippen LogP contribution in [0.15, 0.2) is 46.8 Å². The molecule has 0 bridgehead atoms. The molecule has 0 saturated carbocycles. The molecule has 2 aromatic heterocycles. The zero-order chi connectivity index (χ0) is 19.8. The summed E-state index contributed by atoms with van der Waals surface area (Å²) in [6, 6.07) is 6.25. The third-order valence-corrected chi connectivity index (χ3v) is 5.94. The number of carbonyl (C=O) groups is 1. The van der Waals surface area contributed by atoms with E-state index in [1.54, 1.807) is 27.5 Å². The Morgan fingerprint density at radius 2 is 2.15 bits per heavy atom. The van der Waals surface area contributed by atoms with E-state index in [4.69, 9.17) is 5.14 Å². The number of carbonyl (C=O) groups excluding carboxylic acids is 1. The van der Waals surface area contributed by atoms with Crippen molar-refractivity contribution in [2.45, 2.75) is 31.8 Å². The van der Waals surface area contributed by atoms with Crippen molar-refractivity contribution in [3.05, 3.63) is 53.1 Å². The molecule has 27 heavy (non-hydrogen) atoms. The van der Waals surface area contributed by atoms with Gasteiger partial charge in [0.2, 0.25) is 10.0 Å². The van der Waals surface area contributed by atoms with Crippen molar-refractivity contribution in [1.29, 1.82) is 0 Å². The predicted molar refractivity (Wildman–Crippen MR) is 104 cm³/mol. The van der Waals surface area contributed by atoms with E-state index in [1.807, 2.05) is 13.8 Å². The van der Waals surface area contributed by atoms with Gasteiger partial charge in [-0.15, -0.1) is 6.58 Å². The lowest BCUT2D eigenvalue weighted by Crippen LogP contribution is -2.16. The van der Waals surface area contributed by atoms with Crippen LogP contribution in [-0.2, 0) is 23.1 Å². The number of nitrogens with two attached hydrogens (primary N) is 1. The van der Waals surface area contributed by atoms with Gasteiger partial charge in [0.15, 0.2) is 10.5 Å². The first kappa shape index (κ1) is 19.2. The van der Waals surface area contributed by atoms with Crippen molar-refractivity contribution in [2.75, 3.05) is 0 Å². The Morgan fingerprint density at radius 3 is 2.74 bits per heavy atom. The fraction of sp³-hybridized carbons (Fsp3) is 0.235. The van der Waals surface area contributed by atoms with E-state index in [2.05, 4.69) is 16.7 Å². The molecule has 2 N–H and O–H groups in total. The molecule has 10 heteroatoms. The summed E-state index contributed by atoms with van der Waals surface area (Å²) in [4.78, 5) is 17.2. The van der Waals surface area contributed by atoms with E-state index in [0.717, 1.165) is 11.2 Å². The number of amides is 1. The summed E-state index contributed by atoms with van der Waals surface area (Å²) in [5.41, 5.74) is 1.89. The molecule has 0 fully saturated rings. The lowest BCUT2D eigenvalue weighted by molar-refractivity contribution is 0.0992. The molecule has 0 atom stereocenters. The molecule has 8 nitrogen and oxygen atoms in total. The van der Waals surface area contributed by atoms with Gasteiger partial charge in [0, 0.05) is 18.8 Å². The first-order valence-electron chi connectivity index (χ1n) is 8.15. The summed E-state index contributed by atoms with van der Waals surface area (Å²) in [6.45, 7) is 8.63. The lowest BCUT2D eigenvalue weighted by atomic mass is 10.3. The van der Waals surface area contributed by atoms with Crippen molar-refractivity contribution in [3.63, 3.8) is 0 Å². The van der Waals surface area contributed by atoms with Crippen LogP contribution in [0, 0.1) is 6.92 Å². The molecule has 0 spiro atoms. The van der Waals surface area contributed by atoms with E-state index in [1.165, 1.54) is 23.5 Å². The molecule has 1 aromatic carbocycles. The Kier molecular flexibility index (Phi) is 5.13. The Hall–Kier alpha value is -2.56. The minimum Gasteiger partial charge on any atom is -0.312 e. The number of hydrogen-bond acceptors (Lipinski definition) is 5. The van der Waals surface area contributed by atoms with Gasteiger partial charge < -0.3 is 4.57 Å². The second-order valence-electron chi connectivity index (χ2n) is 5.86. The highest BCUT2D eigenvalue weighted by molar-refractivity contribution is 7.89. The normalized spacial score (nSPS) is 12.6. The fourth-order valence-electron chi connectivity index (χ4n) is 2.70. The topological polar surface area (TPSA) is 112 Å². The standard InChI is InChI=1S/C17H19N5O3S2/c1-4-8-21-14-7-6-12(27(18,24)25)10-15(14)26-17(21)19-16(23)13-9-11(3)22(5-2)20-13/h4,6-7,9-10H,1,5,8H2,2-3H3,(H2,18,24,25). The van der Waals surface area contributed by atoms with Crippen molar-refractivity contribution >= 4 is 37.5 Å². The number of aromatic nitrogens is 3. The first-order chi connectivity index (χ1) is 12.7. The second kappa shape index (κ2) is 7.22. The maximum Gasteiger partial charge on any atom is 0.300 e. The molecule has 3 rings (SSSR count). The van der Waals surface area contributed by atoms with E-state index in [9.17, 15) is 13.2 Å². The third kappa shape index (κ3) is 3.77. The van der Waals surface area contributed by atoms with Gasteiger partial charge in [0.25, 0.3) is 5.91 Å². The zero-order valence-corrected chi connectivity index (χ0v) is 16.5. The largest absolute Gasteiger partial charge is 0.312 e. The summed E-state index contributed by atoms with van der Waals surface area (Å²) >= 11 is 1.21. The summed E-state index contributed by atoms with van der Waals surface area (Å²) in [5, 5.41) is 9.46. The first-order valence-corrected chi connectivity index (χ1v) is 10.5. The van der Waals surface area contributed by atoms with Gasteiger partial charge in [-0.25, -0.2) is 13.6 Å². The number of nitrogens with zero attached hydrogens (tertiary/aromatic N) is 4. The number of fused-ring (bicyclic) bond motifs is 1. The van der Waals surface area contributed by atoms with Crippen LogP contribution in [-0.4, -0.2) is 28.7 Å². The van der Waals surface area contributed by atoms with E-state index < -0.39 is 15.9 Å². The highest BCUT2D eigenvalue weighted by Gasteiger charge is 2.15. The van der Waals surface area contributed by atoms with Crippen molar-refractivity contribution in [1.82, 2.24) is 14.3 Å². The van der Waals surface area contributed by atoms with Gasteiger partial charge >= 0.3 is 0 Å². The van der Waals surface area contributed by atoms with Crippen LogP contribution >= 0.6 is 11.3 Å². The molecule has 142 valence electrons. The smallest absolute Gasteiger partial charge is 0.300 e. The number of primary sulfonamides is 1. The molecule has 0 saturated heterocycles. The number of sulfonamides is 1. The summed E-state index contributed by atoms with van der Waals surface area (Å²) < 4.78 is 27.4. The van der Waals surface area contributed by atoms with Gasteiger partial charge in [-0.05, 0) is 38.1 Å². The Balaban J connectivity index is 2.16. The van der Waals surface area contributed by atoms with Crippen LogP contribution < -0.4 is 9.94 Å². The monoisotopic (exact) mass is 405 g/mol. The summed E-state index contributed by atoms with van der Waals surface area (Å²) in [6.07, 6.45) is 1.68. The molecule has 3 aromatic rings. The molecular weight excluding hydrogens is 386 g/mol. The van der Waals surface area contributed by atoms with Crippen LogP contribution in [0.1, 0.15) is 23.1 Å². The summed E-state index contributed by atoms with van der Waals surface area (Å²) in [5.74, 6) is -0.457. The maximum absolute atomic E-state index is 12.6. The van der Waals surface area contributed by atoms with E-state index >= 15 is 0 Å². The Bertz CT molecular complexity index is 1220. The van der Waals surface area contributed by atoms with Gasteiger partial charge in [-0.3, -0.25) is 9.48 Å². The van der Waals surface area contributed by atoms with E-state index in [0.29, 0.717) is 22.6 Å². The molecule has 0 aliphatic carbocycles. The number of benzene rings is 1. The average molecular weight is 406 g/mol. The molecule has 0 unspecified atom stereocenters. The van der Waals surface area contributed by atoms with Crippen LogP contribution in [0.25, 0.3) is 10.2 Å². The van der Waals surface area contributed by atoms with Crippen LogP contribution in [0.4, 0.5) is 0 Å². The van der Waals surface area contributed by atoms with Crippen LogP contribution in [0.3, 0.4) is 0 Å². The van der Waals surface area contributed by atoms with Gasteiger partial charge in [0.1, 0.15) is 0 Å². The molecular formula is C17H19N5O3S2. The minimum absolute atomic E-state index is 0.0113. The highest BCUT2D eigenvalue weighted by atomic mass is 32.2. The lowest BCUT2D eigenvalue weighted by Gasteiger charge is -2.02. The van der Waals surface area contributed by atoms with E-state index in [-0.39, 0.29) is 10.6 Å². The SMILES string of the molecule is C=CCn1c(=NC(=O)c2cc(C)n(CC)n2)sc2cc(S(N)(=O)=O)ccc21. The molecule has 2 heterocycles. The average Bonchev–Trinajstić information content (AvgIpc) is 3.14. The Morgan fingerprint density at radius 1 is 1.41 bits per heavy atom. The number of rotatable bonds is 5. The third-order valence-electron chi connectivity index (χ3n) is 3.99. The maximum atomic E-state index is 12.6. The fourth-order valence-corrected chi connectivity index (χ4v) is 4.39. The molecule has 0 radical (unpaired) electrons. The quantitative estimate of drug-likeness (QED) is 0.652. The minimum atomic E-state index is -3.81. The summed E-state index contributed by atoms with van der Waals surface area (Å²) in [7, 11) is -3.81. The number of allylic oxidation sites excluding steroid dienone is 1. The number of aryl methyl sites for hydroxylation is 2. The molecule has 0 aliphatic rings. The highest BCUT2D eigenvalue weighted by Crippen LogP contribution is 2.21. The van der Waals surface area contributed by atoms with Crippen molar-refractivity contribution in [2.24, 2.45) is 10.1 Å². The molecule has 0 aliphatic heterocycles. The van der Waals surface area contributed by atoms with Crippen molar-refractivity contribution in [3.8, 4) is 0 Å². The van der Waals surface area contributed by atoms with Crippen molar-refractivity contribution < 1.29 is 13.2 Å². The van der Waals surface area contributed by atoms with Gasteiger partial charge in [-0.1, -0.05) is 17.4 Å².